The van der Waals surface area contributed by atoms with Gasteiger partial charge in [0.15, 0.2) is 5.13 Å². The summed E-state index contributed by atoms with van der Waals surface area (Å²) in [6, 6.07) is 0. The van der Waals surface area contributed by atoms with E-state index in [1.165, 1.54) is 25.7 Å². The summed E-state index contributed by atoms with van der Waals surface area (Å²) < 4.78 is 0. The highest BCUT2D eigenvalue weighted by Crippen LogP contribution is 2.20. The van der Waals surface area contributed by atoms with Gasteiger partial charge in [-0.2, -0.15) is 0 Å². The van der Waals surface area contributed by atoms with Crippen LogP contribution in [0.4, 0.5) is 5.13 Å². The summed E-state index contributed by atoms with van der Waals surface area (Å²) in [7, 11) is 0. The highest BCUT2D eigenvalue weighted by Gasteiger charge is 2.06. The Bertz CT molecular complexity index is 275. The molecule has 86 valence electrons. The molecule has 1 atom stereocenters. The minimum atomic E-state index is 0.587. The largest absolute Gasteiger partial charge is 0.361 e. The Morgan fingerprint density at radius 3 is 2.87 bits per heavy atom. The zero-order valence-electron chi connectivity index (χ0n) is 9.42. The zero-order chi connectivity index (χ0) is 11.1. The van der Waals surface area contributed by atoms with Crippen molar-refractivity contribution in [1.29, 1.82) is 0 Å². The van der Waals surface area contributed by atoms with Crippen LogP contribution in [0.5, 0.6) is 0 Å². The summed E-state index contributed by atoms with van der Waals surface area (Å²) in [6.07, 6.45) is 5.13. The Labute approximate surface area is 101 Å². The van der Waals surface area contributed by atoms with Crippen LogP contribution in [0, 0.1) is 5.92 Å². The zero-order valence-corrected chi connectivity index (χ0v) is 11.0. The molecule has 1 aromatic rings. The van der Waals surface area contributed by atoms with Gasteiger partial charge < -0.3 is 5.32 Å². The highest BCUT2D eigenvalue weighted by atomic mass is 35.5. The molecule has 15 heavy (non-hydrogen) atoms. The molecule has 0 aliphatic carbocycles. The number of hydrogen-bond donors (Lipinski definition) is 1. The van der Waals surface area contributed by atoms with Gasteiger partial charge in [0.1, 0.15) is 5.15 Å². The summed E-state index contributed by atoms with van der Waals surface area (Å²) in [5.74, 6) is 0.757. The van der Waals surface area contributed by atoms with Crippen LogP contribution < -0.4 is 5.32 Å². The van der Waals surface area contributed by atoms with Crippen LogP contribution >= 0.6 is 22.9 Å². The predicted molar refractivity (Wildman–Crippen MR) is 68.9 cm³/mol. The fraction of sp³-hybridized carbons (Fsp3) is 0.727. The first-order chi connectivity index (χ1) is 7.26. The number of anilines is 1. The second-order valence-corrected chi connectivity index (χ2v) is 5.02. The van der Waals surface area contributed by atoms with Crippen molar-refractivity contribution in [3.63, 3.8) is 0 Å². The number of halogens is 1. The van der Waals surface area contributed by atoms with Gasteiger partial charge in [0.2, 0.25) is 0 Å². The van der Waals surface area contributed by atoms with Crippen molar-refractivity contribution in [3.8, 4) is 0 Å². The van der Waals surface area contributed by atoms with Crippen molar-refractivity contribution in [3.05, 3.63) is 10.5 Å². The molecule has 0 saturated carbocycles. The molecule has 0 saturated heterocycles. The topological polar surface area (TPSA) is 24.9 Å². The third-order valence-electron chi connectivity index (χ3n) is 2.56. The molecule has 2 nitrogen and oxygen atoms in total. The third kappa shape index (κ3) is 4.85. The lowest BCUT2D eigenvalue weighted by atomic mass is 10.00. The van der Waals surface area contributed by atoms with Gasteiger partial charge >= 0.3 is 0 Å². The van der Waals surface area contributed by atoms with Crippen LogP contribution in [0.3, 0.4) is 0 Å². The number of unbranched alkanes of at least 4 members (excludes halogenated alkanes) is 1. The van der Waals surface area contributed by atoms with Gasteiger partial charge in [0.05, 0.1) is 0 Å². The van der Waals surface area contributed by atoms with Crippen molar-refractivity contribution >= 4 is 28.1 Å². The molecular weight excluding hydrogens is 228 g/mol. The second-order valence-electron chi connectivity index (χ2n) is 3.77. The molecule has 0 amide bonds. The third-order valence-corrected chi connectivity index (χ3v) is 3.68. The summed E-state index contributed by atoms with van der Waals surface area (Å²) in [6.45, 7) is 5.50. The van der Waals surface area contributed by atoms with E-state index in [9.17, 15) is 0 Å². The van der Waals surface area contributed by atoms with Crippen LogP contribution in [0.2, 0.25) is 5.15 Å². The Balaban J connectivity index is 2.27. The Hall–Kier alpha value is -0.280. The van der Waals surface area contributed by atoms with Gasteiger partial charge in [0, 0.05) is 11.9 Å². The average molecular weight is 247 g/mol. The van der Waals surface area contributed by atoms with E-state index in [1.807, 2.05) is 5.38 Å². The maximum Gasteiger partial charge on any atom is 0.184 e. The van der Waals surface area contributed by atoms with Crippen LogP contribution in [0.15, 0.2) is 5.38 Å². The van der Waals surface area contributed by atoms with Crippen molar-refractivity contribution in [2.45, 2.75) is 39.5 Å². The predicted octanol–water partition coefficient (Wildman–Crippen LogP) is 4.42. The quantitative estimate of drug-likeness (QED) is 0.770. The minimum Gasteiger partial charge on any atom is -0.361 e. The van der Waals surface area contributed by atoms with Gasteiger partial charge in [-0.1, -0.05) is 44.7 Å². The molecule has 1 aromatic heterocycles. The number of nitrogens with one attached hydrogen (secondary N) is 1. The molecular formula is C11H19ClN2S. The molecule has 1 rings (SSSR count). The van der Waals surface area contributed by atoms with Crippen LogP contribution in [0.1, 0.15) is 39.5 Å². The van der Waals surface area contributed by atoms with E-state index in [4.69, 9.17) is 11.6 Å². The SMILES string of the molecule is CCCCC(CC)CNc1nc(Cl)cs1. The lowest BCUT2D eigenvalue weighted by Gasteiger charge is -2.14. The van der Waals surface area contributed by atoms with Crippen LogP contribution in [-0.4, -0.2) is 11.5 Å². The van der Waals surface area contributed by atoms with Gasteiger partial charge in [0.25, 0.3) is 0 Å². The Kier molecular flexibility index (Phi) is 6.03. The summed E-state index contributed by atoms with van der Waals surface area (Å²) >= 11 is 7.32. The Morgan fingerprint density at radius 1 is 1.53 bits per heavy atom. The second kappa shape index (κ2) is 7.07. The summed E-state index contributed by atoms with van der Waals surface area (Å²) in [5, 5.41) is 6.73. The van der Waals surface area contributed by atoms with Gasteiger partial charge in [-0.3, -0.25) is 0 Å². The molecule has 0 aliphatic heterocycles. The number of nitrogens with zero attached hydrogens (tertiary/aromatic N) is 1. The van der Waals surface area contributed by atoms with Crippen molar-refractivity contribution in [2.75, 3.05) is 11.9 Å². The van der Waals surface area contributed by atoms with Gasteiger partial charge in [-0.25, -0.2) is 4.98 Å². The van der Waals surface area contributed by atoms with E-state index in [-0.39, 0.29) is 0 Å². The van der Waals surface area contributed by atoms with E-state index < -0.39 is 0 Å². The number of hydrogen-bond acceptors (Lipinski definition) is 3. The van der Waals surface area contributed by atoms with Crippen molar-refractivity contribution < 1.29 is 0 Å². The number of rotatable bonds is 7. The molecule has 1 heterocycles. The van der Waals surface area contributed by atoms with Crippen LogP contribution in [0.25, 0.3) is 0 Å². The first-order valence-electron chi connectivity index (χ1n) is 5.61. The molecule has 0 spiro atoms. The lowest BCUT2D eigenvalue weighted by Crippen LogP contribution is -2.13. The number of aromatic nitrogens is 1. The Morgan fingerprint density at radius 2 is 2.33 bits per heavy atom. The van der Waals surface area contributed by atoms with E-state index in [2.05, 4.69) is 24.1 Å². The number of thiazole rings is 1. The fourth-order valence-electron chi connectivity index (χ4n) is 1.51. The standard InChI is InChI=1S/C11H19ClN2S/c1-3-5-6-9(4-2)7-13-11-14-10(12)8-15-11/h8-9H,3-7H2,1-2H3,(H,13,14). The molecule has 0 aromatic carbocycles. The van der Waals surface area contributed by atoms with E-state index >= 15 is 0 Å². The molecule has 1 unspecified atom stereocenters. The highest BCUT2D eigenvalue weighted by molar-refractivity contribution is 7.14. The smallest absolute Gasteiger partial charge is 0.184 e. The summed E-state index contributed by atoms with van der Waals surface area (Å²) in [4.78, 5) is 4.17. The van der Waals surface area contributed by atoms with Crippen molar-refractivity contribution in [1.82, 2.24) is 4.98 Å². The molecule has 0 radical (unpaired) electrons. The first kappa shape index (κ1) is 12.8. The van der Waals surface area contributed by atoms with E-state index in [1.54, 1.807) is 11.3 Å². The van der Waals surface area contributed by atoms with Gasteiger partial charge in [-0.15, -0.1) is 11.3 Å². The maximum absolute atomic E-state index is 5.75. The molecule has 0 aliphatic rings. The van der Waals surface area contributed by atoms with Crippen molar-refractivity contribution in [2.24, 2.45) is 5.92 Å². The van der Waals surface area contributed by atoms with Crippen LogP contribution in [-0.2, 0) is 0 Å². The fourth-order valence-corrected chi connectivity index (χ4v) is 2.36. The van der Waals surface area contributed by atoms with Gasteiger partial charge in [-0.05, 0) is 12.3 Å². The molecule has 0 bridgehead atoms. The monoisotopic (exact) mass is 246 g/mol. The van der Waals surface area contributed by atoms with E-state index in [0.717, 1.165) is 17.6 Å². The maximum atomic E-state index is 5.75. The molecule has 1 N–H and O–H groups in total. The average Bonchev–Trinajstić information content (AvgIpc) is 2.65. The summed E-state index contributed by atoms with van der Waals surface area (Å²) in [5.41, 5.74) is 0. The lowest BCUT2D eigenvalue weighted by molar-refractivity contribution is 0.472. The molecule has 4 heteroatoms. The minimum absolute atomic E-state index is 0.587. The first-order valence-corrected chi connectivity index (χ1v) is 6.86. The normalized spacial score (nSPS) is 12.7. The van der Waals surface area contributed by atoms with E-state index in [0.29, 0.717) is 5.15 Å². The molecule has 0 fully saturated rings.